The van der Waals surface area contributed by atoms with Crippen LogP contribution < -0.4 is 11.1 Å². The summed E-state index contributed by atoms with van der Waals surface area (Å²) >= 11 is 0. The summed E-state index contributed by atoms with van der Waals surface area (Å²) in [5.41, 5.74) is 5.49. The second kappa shape index (κ2) is 5.60. The maximum absolute atomic E-state index is 5.49. The predicted molar refractivity (Wildman–Crippen MR) is 48.2 cm³/mol. The SMILES string of the molecule is C#CCC(C)NC(N)=NCC. The number of hydrogen-bond acceptors (Lipinski definition) is 1. The average molecular weight is 153 g/mol. The molecule has 0 heterocycles. The van der Waals surface area contributed by atoms with Crippen LogP contribution in [0.5, 0.6) is 0 Å². The molecular formula is C8H15N3. The number of nitrogens with two attached hydrogens (primary N) is 1. The Morgan fingerprint density at radius 3 is 2.91 bits per heavy atom. The molecule has 0 amide bonds. The summed E-state index contributed by atoms with van der Waals surface area (Å²) in [6.45, 7) is 4.60. The van der Waals surface area contributed by atoms with Crippen LogP contribution in [0.25, 0.3) is 0 Å². The molecule has 0 aromatic carbocycles. The van der Waals surface area contributed by atoms with Gasteiger partial charge in [0.1, 0.15) is 0 Å². The molecule has 3 N–H and O–H groups in total. The van der Waals surface area contributed by atoms with Crippen LogP contribution in [0, 0.1) is 12.3 Å². The smallest absolute Gasteiger partial charge is 0.188 e. The summed E-state index contributed by atoms with van der Waals surface area (Å²) in [7, 11) is 0. The standard InChI is InChI=1S/C8H15N3/c1-4-6-7(3)11-8(9)10-5-2/h1,7H,5-6H2,2-3H3,(H3,9,10,11). The quantitative estimate of drug-likeness (QED) is 0.348. The molecule has 0 spiro atoms. The third kappa shape index (κ3) is 5.28. The van der Waals surface area contributed by atoms with Crippen molar-refractivity contribution in [2.24, 2.45) is 10.7 Å². The number of hydrogen-bond donors (Lipinski definition) is 2. The lowest BCUT2D eigenvalue weighted by Crippen LogP contribution is -2.38. The Balaban J connectivity index is 3.67. The number of terminal acetylenes is 1. The minimum Gasteiger partial charge on any atom is -0.370 e. The summed E-state index contributed by atoms with van der Waals surface area (Å²) in [5, 5.41) is 2.97. The van der Waals surface area contributed by atoms with Gasteiger partial charge in [-0.25, -0.2) is 0 Å². The summed E-state index contributed by atoms with van der Waals surface area (Å²) in [4.78, 5) is 3.96. The van der Waals surface area contributed by atoms with E-state index in [0.717, 1.165) is 0 Å². The molecule has 0 aromatic rings. The molecule has 0 bridgehead atoms. The summed E-state index contributed by atoms with van der Waals surface area (Å²) in [5.74, 6) is 3.01. The lowest BCUT2D eigenvalue weighted by Gasteiger charge is -2.10. The molecular weight excluding hydrogens is 138 g/mol. The van der Waals surface area contributed by atoms with Crippen LogP contribution in [0.4, 0.5) is 0 Å². The zero-order valence-corrected chi connectivity index (χ0v) is 7.09. The fourth-order valence-electron chi connectivity index (χ4n) is 0.696. The van der Waals surface area contributed by atoms with Gasteiger partial charge in [0, 0.05) is 19.0 Å². The Morgan fingerprint density at radius 1 is 1.82 bits per heavy atom. The largest absolute Gasteiger partial charge is 0.370 e. The van der Waals surface area contributed by atoms with E-state index in [0.29, 0.717) is 18.9 Å². The molecule has 0 aliphatic rings. The van der Waals surface area contributed by atoms with Crippen LogP contribution in [0.1, 0.15) is 20.3 Å². The van der Waals surface area contributed by atoms with E-state index in [-0.39, 0.29) is 6.04 Å². The maximum atomic E-state index is 5.49. The molecule has 0 aliphatic heterocycles. The number of nitrogens with zero attached hydrogens (tertiary/aromatic N) is 1. The third-order valence-corrected chi connectivity index (χ3v) is 1.15. The zero-order chi connectivity index (χ0) is 8.69. The molecule has 3 nitrogen and oxygen atoms in total. The first kappa shape index (κ1) is 9.83. The van der Waals surface area contributed by atoms with E-state index in [4.69, 9.17) is 12.2 Å². The van der Waals surface area contributed by atoms with Gasteiger partial charge >= 0.3 is 0 Å². The van der Waals surface area contributed by atoms with Crippen molar-refractivity contribution in [2.75, 3.05) is 6.54 Å². The van der Waals surface area contributed by atoms with Gasteiger partial charge in [0.25, 0.3) is 0 Å². The Kier molecular flexibility index (Phi) is 5.01. The number of aliphatic imine (C=N–C) groups is 1. The first-order chi connectivity index (χ1) is 5.20. The second-order valence-electron chi connectivity index (χ2n) is 2.31. The normalized spacial score (nSPS) is 13.7. The highest BCUT2D eigenvalue weighted by Gasteiger charge is 1.98. The molecule has 0 fully saturated rings. The molecule has 0 aliphatic carbocycles. The van der Waals surface area contributed by atoms with E-state index in [1.807, 2.05) is 13.8 Å². The monoisotopic (exact) mass is 153 g/mol. The fraction of sp³-hybridized carbons (Fsp3) is 0.625. The van der Waals surface area contributed by atoms with E-state index in [2.05, 4.69) is 16.2 Å². The zero-order valence-electron chi connectivity index (χ0n) is 7.09. The molecule has 62 valence electrons. The van der Waals surface area contributed by atoms with E-state index >= 15 is 0 Å². The fourth-order valence-corrected chi connectivity index (χ4v) is 0.696. The van der Waals surface area contributed by atoms with Gasteiger partial charge in [-0.3, -0.25) is 4.99 Å². The lowest BCUT2D eigenvalue weighted by atomic mass is 10.2. The number of rotatable bonds is 3. The van der Waals surface area contributed by atoms with Crippen molar-refractivity contribution in [3.63, 3.8) is 0 Å². The van der Waals surface area contributed by atoms with Gasteiger partial charge in [0.15, 0.2) is 5.96 Å². The maximum Gasteiger partial charge on any atom is 0.188 e. The van der Waals surface area contributed by atoms with Gasteiger partial charge in [0.2, 0.25) is 0 Å². The van der Waals surface area contributed by atoms with Gasteiger partial charge in [-0.05, 0) is 13.8 Å². The molecule has 3 heteroatoms. The van der Waals surface area contributed by atoms with E-state index in [9.17, 15) is 0 Å². The summed E-state index contributed by atoms with van der Waals surface area (Å²) in [6.07, 6.45) is 5.78. The number of guanidine groups is 1. The molecule has 0 radical (unpaired) electrons. The van der Waals surface area contributed by atoms with Crippen molar-refractivity contribution in [1.82, 2.24) is 5.32 Å². The molecule has 0 rings (SSSR count). The van der Waals surface area contributed by atoms with Crippen molar-refractivity contribution in [2.45, 2.75) is 26.3 Å². The second-order valence-corrected chi connectivity index (χ2v) is 2.31. The molecule has 11 heavy (non-hydrogen) atoms. The molecule has 0 saturated carbocycles. The highest BCUT2D eigenvalue weighted by Crippen LogP contribution is 1.85. The Bertz CT molecular complexity index is 167. The predicted octanol–water partition coefficient (Wildman–Crippen LogP) is 0.322. The average Bonchev–Trinajstić information content (AvgIpc) is 1.87. The highest BCUT2D eigenvalue weighted by molar-refractivity contribution is 5.78. The van der Waals surface area contributed by atoms with Crippen molar-refractivity contribution in [1.29, 1.82) is 0 Å². The van der Waals surface area contributed by atoms with Crippen molar-refractivity contribution >= 4 is 5.96 Å². The summed E-state index contributed by atoms with van der Waals surface area (Å²) < 4.78 is 0. The van der Waals surface area contributed by atoms with Gasteiger partial charge in [-0.15, -0.1) is 12.3 Å². The van der Waals surface area contributed by atoms with Gasteiger partial charge in [-0.1, -0.05) is 0 Å². The Hall–Kier alpha value is -1.17. The minimum atomic E-state index is 0.204. The first-order valence-corrected chi connectivity index (χ1v) is 3.70. The first-order valence-electron chi connectivity index (χ1n) is 3.70. The molecule has 1 atom stereocenters. The molecule has 0 saturated heterocycles. The molecule has 0 aromatic heterocycles. The number of nitrogens with one attached hydrogen (secondary N) is 1. The van der Waals surface area contributed by atoms with E-state index in [1.54, 1.807) is 0 Å². The lowest BCUT2D eigenvalue weighted by molar-refractivity contribution is 0.678. The van der Waals surface area contributed by atoms with Crippen LogP contribution in [0.3, 0.4) is 0 Å². The Morgan fingerprint density at radius 2 is 2.45 bits per heavy atom. The summed E-state index contributed by atoms with van der Waals surface area (Å²) in [6, 6.07) is 0.204. The topological polar surface area (TPSA) is 50.4 Å². The van der Waals surface area contributed by atoms with Crippen molar-refractivity contribution in [3.8, 4) is 12.3 Å². The van der Waals surface area contributed by atoms with Crippen LogP contribution >= 0.6 is 0 Å². The van der Waals surface area contributed by atoms with Crippen molar-refractivity contribution < 1.29 is 0 Å². The van der Waals surface area contributed by atoms with Crippen LogP contribution in [-0.4, -0.2) is 18.5 Å². The Labute approximate surface area is 68.1 Å². The van der Waals surface area contributed by atoms with E-state index < -0.39 is 0 Å². The highest BCUT2D eigenvalue weighted by atomic mass is 15.1. The minimum absolute atomic E-state index is 0.204. The van der Waals surface area contributed by atoms with Crippen molar-refractivity contribution in [3.05, 3.63) is 0 Å². The van der Waals surface area contributed by atoms with Gasteiger partial charge in [-0.2, -0.15) is 0 Å². The third-order valence-electron chi connectivity index (χ3n) is 1.15. The molecule has 1 unspecified atom stereocenters. The van der Waals surface area contributed by atoms with Crippen LogP contribution in [0.15, 0.2) is 4.99 Å². The van der Waals surface area contributed by atoms with Crippen LogP contribution in [0.2, 0.25) is 0 Å². The van der Waals surface area contributed by atoms with E-state index in [1.165, 1.54) is 0 Å². The van der Waals surface area contributed by atoms with Gasteiger partial charge in [0.05, 0.1) is 0 Å². The van der Waals surface area contributed by atoms with Gasteiger partial charge < -0.3 is 11.1 Å². The van der Waals surface area contributed by atoms with Crippen LogP contribution in [-0.2, 0) is 0 Å².